The van der Waals surface area contributed by atoms with Crippen molar-refractivity contribution in [3.63, 3.8) is 0 Å². The molecule has 0 saturated heterocycles. The molecule has 9 nitrogen and oxygen atoms in total. The van der Waals surface area contributed by atoms with Gasteiger partial charge in [-0.3, -0.25) is 14.4 Å². The van der Waals surface area contributed by atoms with Gasteiger partial charge in [0.1, 0.15) is 5.76 Å². The van der Waals surface area contributed by atoms with Crippen LogP contribution < -0.4 is 11.1 Å². The lowest BCUT2D eigenvalue weighted by Gasteiger charge is -2.21. The molecule has 1 aromatic heterocycles. The number of nitrogens with zero attached hydrogens (tertiary/aromatic N) is 1. The van der Waals surface area contributed by atoms with Gasteiger partial charge in [0.05, 0.1) is 16.8 Å². The standard InChI is InChI=1S/C23H19N3O6/c1-3-16(22(29)25-17-10-11(2)32-26-17)31-23(30)15-9-8-14-18(19(15)24)21(28)13-7-5-4-6-12(13)20(14)27/h4-10,16H,3,24H2,1-2H3,(H,25,26,29). The number of anilines is 2. The number of nitrogens with two attached hydrogens (primary N) is 1. The Hall–Kier alpha value is -4.27. The summed E-state index contributed by atoms with van der Waals surface area (Å²) >= 11 is 0. The first kappa shape index (κ1) is 21.0. The van der Waals surface area contributed by atoms with Crippen LogP contribution in [0.15, 0.2) is 47.0 Å². The maximum Gasteiger partial charge on any atom is 0.341 e. The van der Waals surface area contributed by atoms with Crippen LogP contribution in [-0.4, -0.2) is 34.7 Å². The number of carbonyl (C=O) groups excluding carboxylic acids is 4. The molecule has 0 saturated carbocycles. The lowest BCUT2D eigenvalue weighted by Crippen LogP contribution is -2.32. The molecule has 0 aliphatic heterocycles. The third-order valence-electron chi connectivity index (χ3n) is 5.15. The van der Waals surface area contributed by atoms with Crippen LogP contribution in [0.25, 0.3) is 0 Å². The van der Waals surface area contributed by atoms with Gasteiger partial charge in [0.2, 0.25) is 0 Å². The van der Waals surface area contributed by atoms with Gasteiger partial charge < -0.3 is 20.3 Å². The second-order valence-corrected chi connectivity index (χ2v) is 7.27. The molecule has 3 N–H and O–H groups in total. The highest BCUT2D eigenvalue weighted by atomic mass is 16.5. The molecule has 0 bridgehead atoms. The van der Waals surface area contributed by atoms with Crippen molar-refractivity contribution >= 4 is 34.9 Å². The van der Waals surface area contributed by atoms with E-state index in [4.69, 9.17) is 15.0 Å². The minimum Gasteiger partial charge on any atom is -0.449 e. The van der Waals surface area contributed by atoms with Crippen molar-refractivity contribution in [1.82, 2.24) is 5.16 Å². The summed E-state index contributed by atoms with van der Waals surface area (Å²) in [5.74, 6) is -1.58. The normalized spacial score (nSPS) is 13.2. The summed E-state index contributed by atoms with van der Waals surface area (Å²) in [5, 5.41) is 6.18. The molecule has 1 aliphatic carbocycles. The number of nitrogen functional groups attached to an aromatic ring is 1. The molecule has 1 aliphatic rings. The summed E-state index contributed by atoms with van der Waals surface area (Å²) in [6.07, 6.45) is -0.947. The van der Waals surface area contributed by atoms with E-state index in [1.807, 2.05) is 0 Å². The van der Waals surface area contributed by atoms with E-state index >= 15 is 0 Å². The van der Waals surface area contributed by atoms with Crippen LogP contribution in [-0.2, 0) is 9.53 Å². The Morgan fingerprint density at radius 2 is 1.78 bits per heavy atom. The van der Waals surface area contributed by atoms with Gasteiger partial charge in [-0.2, -0.15) is 0 Å². The molecule has 1 unspecified atom stereocenters. The number of carbonyl (C=O) groups is 4. The zero-order chi connectivity index (χ0) is 23.0. The van der Waals surface area contributed by atoms with Gasteiger partial charge in [-0.25, -0.2) is 4.79 Å². The molecule has 0 fully saturated rings. The van der Waals surface area contributed by atoms with E-state index in [-0.39, 0.29) is 51.5 Å². The second kappa shape index (κ2) is 8.10. The number of aryl methyl sites for hydroxylation is 1. The predicted molar refractivity (Wildman–Crippen MR) is 114 cm³/mol. The van der Waals surface area contributed by atoms with E-state index in [1.54, 1.807) is 32.0 Å². The van der Waals surface area contributed by atoms with E-state index in [0.29, 0.717) is 5.76 Å². The molecule has 1 atom stereocenters. The number of hydrogen-bond donors (Lipinski definition) is 2. The first-order valence-corrected chi connectivity index (χ1v) is 9.87. The summed E-state index contributed by atoms with van der Waals surface area (Å²) < 4.78 is 10.2. The maximum atomic E-state index is 13.0. The zero-order valence-corrected chi connectivity index (χ0v) is 17.3. The highest BCUT2D eigenvalue weighted by molar-refractivity contribution is 6.30. The molecular formula is C23H19N3O6. The second-order valence-electron chi connectivity index (χ2n) is 7.27. The Labute approximate surface area is 182 Å². The number of ketones is 2. The molecule has 2 aromatic carbocycles. The van der Waals surface area contributed by atoms with E-state index in [0.717, 1.165) is 0 Å². The number of benzene rings is 2. The molecule has 162 valence electrons. The smallest absolute Gasteiger partial charge is 0.341 e. The molecular weight excluding hydrogens is 414 g/mol. The number of rotatable bonds is 5. The topological polar surface area (TPSA) is 142 Å². The summed E-state index contributed by atoms with van der Waals surface area (Å²) in [5.41, 5.74) is 6.45. The van der Waals surface area contributed by atoms with Crippen LogP contribution in [0, 0.1) is 6.92 Å². The Morgan fingerprint density at radius 3 is 2.41 bits per heavy atom. The van der Waals surface area contributed by atoms with Crippen LogP contribution in [0.5, 0.6) is 0 Å². The van der Waals surface area contributed by atoms with Crippen LogP contribution in [0.1, 0.15) is 61.3 Å². The fourth-order valence-corrected chi connectivity index (χ4v) is 3.54. The number of hydrogen-bond acceptors (Lipinski definition) is 8. The van der Waals surface area contributed by atoms with E-state index in [1.165, 1.54) is 24.3 Å². The number of fused-ring (bicyclic) bond motifs is 2. The van der Waals surface area contributed by atoms with E-state index in [9.17, 15) is 19.2 Å². The van der Waals surface area contributed by atoms with Crippen molar-refractivity contribution in [3.05, 3.63) is 76.0 Å². The molecule has 0 spiro atoms. The molecule has 0 radical (unpaired) electrons. The quantitative estimate of drug-likeness (QED) is 0.361. The Morgan fingerprint density at radius 1 is 1.09 bits per heavy atom. The van der Waals surface area contributed by atoms with Crippen molar-refractivity contribution in [1.29, 1.82) is 0 Å². The van der Waals surface area contributed by atoms with E-state index < -0.39 is 23.8 Å². The van der Waals surface area contributed by atoms with Crippen LogP contribution in [0.3, 0.4) is 0 Å². The van der Waals surface area contributed by atoms with Crippen molar-refractivity contribution in [2.45, 2.75) is 26.4 Å². The Kier molecular flexibility index (Phi) is 5.31. The minimum atomic E-state index is -1.13. The number of nitrogens with one attached hydrogen (secondary N) is 1. The molecule has 1 amide bonds. The SMILES string of the molecule is CCC(OC(=O)c1ccc2c(c1N)C(=O)c1ccccc1C2=O)C(=O)Nc1cc(C)on1. The third kappa shape index (κ3) is 3.53. The summed E-state index contributed by atoms with van der Waals surface area (Å²) in [6, 6.07) is 10.6. The first-order chi connectivity index (χ1) is 15.3. The summed E-state index contributed by atoms with van der Waals surface area (Å²) in [4.78, 5) is 51.0. The average molecular weight is 433 g/mol. The van der Waals surface area contributed by atoms with Gasteiger partial charge in [-0.05, 0) is 25.5 Å². The van der Waals surface area contributed by atoms with Crippen LogP contribution in [0.4, 0.5) is 11.5 Å². The lowest BCUT2D eigenvalue weighted by molar-refractivity contribution is -0.124. The highest BCUT2D eigenvalue weighted by Crippen LogP contribution is 2.33. The average Bonchev–Trinajstić information content (AvgIpc) is 3.19. The van der Waals surface area contributed by atoms with Gasteiger partial charge in [0.15, 0.2) is 23.5 Å². The van der Waals surface area contributed by atoms with Crippen LogP contribution in [0.2, 0.25) is 0 Å². The van der Waals surface area contributed by atoms with Gasteiger partial charge in [0, 0.05) is 22.8 Å². The fourth-order valence-electron chi connectivity index (χ4n) is 3.54. The van der Waals surface area contributed by atoms with E-state index in [2.05, 4.69) is 10.5 Å². The Balaban J connectivity index is 1.60. The number of ether oxygens (including phenoxy) is 1. The number of aromatic nitrogens is 1. The third-order valence-corrected chi connectivity index (χ3v) is 5.15. The van der Waals surface area contributed by atoms with Gasteiger partial charge >= 0.3 is 5.97 Å². The largest absolute Gasteiger partial charge is 0.449 e. The molecule has 3 aromatic rings. The minimum absolute atomic E-state index is 0.0428. The monoisotopic (exact) mass is 433 g/mol. The summed E-state index contributed by atoms with van der Waals surface area (Å²) in [7, 11) is 0. The zero-order valence-electron chi connectivity index (χ0n) is 17.3. The van der Waals surface area contributed by atoms with Crippen molar-refractivity contribution in [2.24, 2.45) is 0 Å². The predicted octanol–water partition coefficient (Wildman–Crippen LogP) is 2.91. The maximum absolute atomic E-state index is 13.0. The van der Waals surface area contributed by atoms with Crippen molar-refractivity contribution < 1.29 is 28.4 Å². The van der Waals surface area contributed by atoms with Gasteiger partial charge in [0.25, 0.3) is 5.91 Å². The number of amides is 1. The molecule has 32 heavy (non-hydrogen) atoms. The van der Waals surface area contributed by atoms with Crippen molar-refractivity contribution in [3.8, 4) is 0 Å². The molecule has 1 heterocycles. The highest BCUT2D eigenvalue weighted by Gasteiger charge is 2.33. The van der Waals surface area contributed by atoms with Gasteiger partial charge in [-0.1, -0.05) is 36.3 Å². The number of esters is 1. The molecule has 9 heteroatoms. The van der Waals surface area contributed by atoms with Gasteiger partial charge in [-0.15, -0.1) is 0 Å². The molecule has 4 rings (SSSR count). The van der Waals surface area contributed by atoms with Crippen LogP contribution >= 0.6 is 0 Å². The van der Waals surface area contributed by atoms with Crippen molar-refractivity contribution in [2.75, 3.05) is 11.1 Å². The first-order valence-electron chi connectivity index (χ1n) is 9.87. The fraction of sp³-hybridized carbons (Fsp3) is 0.174. The summed E-state index contributed by atoms with van der Waals surface area (Å²) in [6.45, 7) is 3.34. The lowest BCUT2D eigenvalue weighted by atomic mass is 9.82. The Bertz CT molecular complexity index is 1280.